The second-order valence-corrected chi connectivity index (χ2v) is 5.06. The van der Waals surface area contributed by atoms with Crippen molar-refractivity contribution in [2.24, 2.45) is 5.92 Å². The molecule has 0 unspecified atom stereocenters. The average Bonchev–Trinajstić information content (AvgIpc) is 2.66. The van der Waals surface area contributed by atoms with Crippen molar-refractivity contribution in [2.75, 3.05) is 13.1 Å². The first-order valence-electron chi connectivity index (χ1n) is 6.13. The van der Waals surface area contributed by atoms with Crippen LogP contribution in [0, 0.1) is 5.92 Å². The fraction of sp³-hybridized carbons (Fsp3) is 0.917. The molecule has 0 saturated heterocycles. The highest BCUT2D eigenvalue weighted by Crippen LogP contribution is 2.26. The average molecular weight is 251 g/mol. The Balaban J connectivity index is 2.51. The SMILES string of the molecule is CC(C)N(CC(=O)C1CCCC1)CC(F)(F)F. The summed E-state index contributed by atoms with van der Waals surface area (Å²) < 4.78 is 37.0. The van der Waals surface area contributed by atoms with Gasteiger partial charge in [-0.3, -0.25) is 9.69 Å². The molecule has 1 rings (SSSR count). The summed E-state index contributed by atoms with van der Waals surface area (Å²) in [4.78, 5) is 13.0. The summed E-state index contributed by atoms with van der Waals surface area (Å²) in [7, 11) is 0. The zero-order valence-electron chi connectivity index (χ0n) is 10.4. The molecule has 1 saturated carbocycles. The van der Waals surface area contributed by atoms with Crippen LogP contribution in [0.25, 0.3) is 0 Å². The monoisotopic (exact) mass is 251 g/mol. The Morgan fingerprint density at radius 1 is 1.29 bits per heavy atom. The molecule has 0 heterocycles. The van der Waals surface area contributed by atoms with Crippen LogP contribution in [0.4, 0.5) is 13.2 Å². The summed E-state index contributed by atoms with van der Waals surface area (Å²) in [5.74, 6) is -0.0371. The van der Waals surface area contributed by atoms with E-state index in [1.54, 1.807) is 13.8 Å². The number of nitrogens with zero attached hydrogens (tertiary/aromatic N) is 1. The highest BCUT2D eigenvalue weighted by molar-refractivity contribution is 5.83. The number of carbonyl (C=O) groups excluding carboxylic acids is 1. The summed E-state index contributed by atoms with van der Waals surface area (Å²) in [5.41, 5.74) is 0. The summed E-state index contributed by atoms with van der Waals surface area (Å²) in [6, 6.07) is -0.262. The molecule has 0 aromatic carbocycles. The predicted octanol–water partition coefficient (Wildman–Crippen LogP) is 3.02. The molecule has 1 aliphatic carbocycles. The quantitative estimate of drug-likeness (QED) is 0.748. The van der Waals surface area contributed by atoms with E-state index in [0.717, 1.165) is 25.7 Å². The van der Waals surface area contributed by atoms with Gasteiger partial charge in [-0.2, -0.15) is 13.2 Å². The first kappa shape index (κ1) is 14.5. The van der Waals surface area contributed by atoms with Gasteiger partial charge in [-0.15, -0.1) is 0 Å². The van der Waals surface area contributed by atoms with Gasteiger partial charge in [0.05, 0.1) is 13.1 Å². The molecule has 0 spiro atoms. The lowest BCUT2D eigenvalue weighted by Crippen LogP contribution is -2.43. The van der Waals surface area contributed by atoms with Crippen molar-refractivity contribution >= 4 is 5.78 Å². The second-order valence-electron chi connectivity index (χ2n) is 5.06. The molecule has 0 aromatic heterocycles. The molecule has 5 heteroatoms. The van der Waals surface area contributed by atoms with Crippen LogP contribution in [0.5, 0.6) is 0 Å². The molecule has 0 atom stereocenters. The van der Waals surface area contributed by atoms with Crippen molar-refractivity contribution in [3.63, 3.8) is 0 Å². The number of Topliss-reactive ketones (excluding diaryl/α,β-unsaturated/α-hetero) is 1. The van der Waals surface area contributed by atoms with Crippen LogP contribution in [-0.4, -0.2) is 36.0 Å². The normalized spacial score (nSPS) is 18.3. The van der Waals surface area contributed by atoms with Gasteiger partial charge in [0.15, 0.2) is 0 Å². The molecule has 0 radical (unpaired) electrons. The van der Waals surface area contributed by atoms with E-state index in [9.17, 15) is 18.0 Å². The van der Waals surface area contributed by atoms with E-state index in [0.29, 0.717) is 0 Å². The van der Waals surface area contributed by atoms with Gasteiger partial charge in [-0.05, 0) is 26.7 Å². The summed E-state index contributed by atoms with van der Waals surface area (Å²) in [6.07, 6.45) is -0.498. The zero-order chi connectivity index (χ0) is 13.1. The molecule has 0 aromatic rings. The fourth-order valence-corrected chi connectivity index (χ4v) is 2.23. The van der Waals surface area contributed by atoms with Gasteiger partial charge in [0.1, 0.15) is 5.78 Å². The Morgan fingerprint density at radius 2 is 1.82 bits per heavy atom. The third-order valence-corrected chi connectivity index (χ3v) is 3.28. The Hall–Kier alpha value is -0.580. The lowest BCUT2D eigenvalue weighted by molar-refractivity contribution is -0.152. The fourth-order valence-electron chi connectivity index (χ4n) is 2.23. The third-order valence-electron chi connectivity index (χ3n) is 3.28. The molecule has 2 nitrogen and oxygen atoms in total. The highest BCUT2D eigenvalue weighted by atomic mass is 19.4. The molecule has 0 amide bonds. The Bertz CT molecular complexity index is 257. The van der Waals surface area contributed by atoms with E-state index in [1.807, 2.05) is 0 Å². The van der Waals surface area contributed by atoms with E-state index < -0.39 is 12.7 Å². The minimum atomic E-state index is -4.24. The molecule has 1 aliphatic rings. The second kappa shape index (κ2) is 5.85. The molecule has 0 N–H and O–H groups in total. The van der Waals surface area contributed by atoms with Crippen LogP contribution < -0.4 is 0 Å². The van der Waals surface area contributed by atoms with Crippen molar-refractivity contribution in [1.29, 1.82) is 0 Å². The number of halogens is 3. The van der Waals surface area contributed by atoms with E-state index in [-0.39, 0.29) is 24.3 Å². The van der Waals surface area contributed by atoms with Crippen LogP contribution in [0.15, 0.2) is 0 Å². The van der Waals surface area contributed by atoms with E-state index in [1.165, 1.54) is 4.90 Å². The third kappa shape index (κ3) is 5.06. The largest absolute Gasteiger partial charge is 0.401 e. The molecular formula is C12H20F3NO. The van der Waals surface area contributed by atoms with Crippen LogP contribution in [0.2, 0.25) is 0 Å². The first-order chi connectivity index (χ1) is 7.79. The van der Waals surface area contributed by atoms with Gasteiger partial charge in [-0.1, -0.05) is 12.8 Å². The minimum Gasteiger partial charge on any atom is -0.298 e. The number of hydrogen-bond donors (Lipinski definition) is 0. The summed E-state index contributed by atoms with van der Waals surface area (Å²) in [5, 5.41) is 0. The predicted molar refractivity (Wildman–Crippen MR) is 59.7 cm³/mol. The molecule has 1 fully saturated rings. The van der Waals surface area contributed by atoms with Gasteiger partial charge in [-0.25, -0.2) is 0 Å². The highest BCUT2D eigenvalue weighted by Gasteiger charge is 2.34. The van der Waals surface area contributed by atoms with Gasteiger partial charge in [0, 0.05) is 12.0 Å². The van der Waals surface area contributed by atoms with Crippen molar-refractivity contribution in [3.05, 3.63) is 0 Å². The topological polar surface area (TPSA) is 20.3 Å². The van der Waals surface area contributed by atoms with E-state index in [2.05, 4.69) is 0 Å². The molecule has 100 valence electrons. The lowest BCUT2D eigenvalue weighted by Gasteiger charge is -2.27. The van der Waals surface area contributed by atoms with Crippen LogP contribution in [0.1, 0.15) is 39.5 Å². The van der Waals surface area contributed by atoms with Crippen LogP contribution in [-0.2, 0) is 4.79 Å². The minimum absolute atomic E-state index is 0.00974. The van der Waals surface area contributed by atoms with Gasteiger partial charge in [0.2, 0.25) is 0 Å². The maximum Gasteiger partial charge on any atom is 0.401 e. The smallest absolute Gasteiger partial charge is 0.298 e. The Morgan fingerprint density at radius 3 is 2.24 bits per heavy atom. The van der Waals surface area contributed by atoms with E-state index in [4.69, 9.17) is 0 Å². The van der Waals surface area contributed by atoms with Crippen molar-refractivity contribution in [3.8, 4) is 0 Å². The number of carbonyl (C=O) groups is 1. The first-order valence-corrected chi connectivity index (χ1v) is 6.13. The summed E-state index contributed by atoms with van der Waals surface area (Å²) in [6.45, 7) is 2.31. The summed E-state index contributed by atoms with van der Waals surface area (Å²) >= 11 is 0. The zero-order valence-corrected chi connectivity index (χ0v) is 10.4. The van der Waals surface area contributed by atoms with Gasteiger partial charge >= 0.3 is 6.18 Å². The van der Waals surface area contributed by atoms with E-state index >= 15 is 0 Å². The lowest BCUT2D eigenvalue weighted by atomic mass is 10.0. The van der Waals surface area contributed by atoms with Gasteiger partial charge in [0.25, 0.3) is 0 Å². The maximum atomic E-state index is 12.3. The van der Waals surface area contributed by atoms with Crippen molar-refractivity contribution < 1.29 is 18.0 Å². The number of rotatable bonds is 5. The molecule has 0 aliphatic heterocycles. The van der Waals surface area contributed by atoms with Crippen LogP contribution in [0.3, 0.4) is 0 Å². The molecule has 0 bridgehead atoms. The van der Waals surface area contributed by atoms with Crippen molar-refractivity contribution in [1.82, 2.24) is 4.90 Å². The molecule has 17 heavy (non-hydrogen) atoms. The standard InChI is InChI=1S/C12H20F3NO/c1-9(2)16(8-12(13,14)15)7-11(17)10-5-3-4-6-10/h9-10H,3-8H2,1-2H3. The number of alkyl halides is 3. The maximum absolute atomic E-state index is 12.3. The Kier molecular flexibility index (Phi) is 4.98. The number of hydrogen-bond acceptors (Lipinski definition) is 2. The van der Waals surface area contributed by atoms with Gasteiger partial charge < -0.3 is 0 Å². The molecular weight excluding hydrogens is 231 g/mol. The number of ketones is 1. The van der Waals surface area contributed by atoms with Crippen molar-refractivity contribution in [2.45, 2.75) is 51.7 Å². The van der Waals surface area contributed by atoms with Crippen LogP contribution >= 0.6 is 0 Å². The Labute approximate surface area is 100 Å².